The lowest BCUT2D eigenvalue weighted by Gasteiger charge is -2.21. The number of amides is 1. The van der Waals surface area contributed by atoms with Crippen LogP contribution in [0, 0.1) is 5.82 Å². The third kappa shape index (κ3) is 7.10. The van der Waals surface area contributed by atoms with Crippen LogP contribution in [0.3, 0.4) is 0 Å². The second-order valence-corrected chi connectivity index (χ2v) is 6.11. The molecule has 4 nitrogen and oxygen atoms in total. The Kier molecular flexibility index (Phi) is 7.49. The second kappa shape index (κ2) is 9.63. The summed E-state index contributed by atoms with van der Waals surface area (Å²) in [7, 11) is 0. The number of carbonyl (C=O) groups is 1. The predicted molar refractivity (Wildman–Crippen MR) is 90.9 cm³/mol. The lowest BCUT2D eigenvalue weighted by Crippen LogP contribution is -2.42. The Morgan fingerprint density at radius 2 is 2.17 bits per heavy atom. The number of likely N-dealkylation sites (N-methyl/N-ethyl adjacent to an activating group) is 1. The van der Waals surface area contributed by atoms with Gasteiger partial charge in [0.15, 0.2) is 0 Å². The molecule has 0 heterocycles. The zero-order valence-electron chi connectivity index (χ0n) is 14.0. The first-order chi connectivity index (χ1) is 11.2. The summed E-state index contributed by atoms with van der Waals surface area (Å²) in [4.78, 5) is 14.0. The van der Waals surface area contributed by atoms with Crippen molar-refractivity contribution in [1.82, 2.24) is 15.5 Å². The van der Waals surface area contributed by atoms with E-state index in [1.165, 1.54) is 18.9 Å². The lowest BCUT2D eigenvalue weighted by molar-refractivity contribution is -0.130. The fourth-order valence-electron chi connectivity index (χ4n) is 2.57. The van der Waals surface area contributed by atoms with E-state index in [0.29, 0.717) is 12.6 Å². The van der Waals surface area contributed by atoms with E-state index in [1.54, 1.807) is 12.1 Å². The zero-order valence-corrected chi connectivity index (χ0v) is 14.0. The normalized spacial score (nSPS) is 14.0. The van der Waals surface area contributed by atoms with Gasteiger partial charge in [0.25, 0.3) is 0 Å². The molecule has 2 N–H and O–H groups in total. The first-order valence-electron chi connectivity index (χ1n) is 8.65. The maximum absolute atomic E-state index is 13.1. The van der Waals surface area contributed by atoms with Gasteiger partial charge in [-0.2, -0.15) is 0 Å². The van der Waals surface area contributed by atoms with Gasteiger partial charge in [0.1, 0.15) is 5.82 Å². The molecule has 1 aliphatic rings. The number of nitrogens with zero attached hydrogens (tertiary/aromatic N) is 1. The average molecular weight is 321 g/mol. The molecule has 0 aliphatic heterocycles. The van der Waals surface area contributed by atoms with E-state index >= 15 is 0 Å². The molecule has 1 fully saturated rings. The molecule has 128 valence electrons. The van der Waals surface area contributed by atoms with Crippen LogP contribution in [0.5, 0.6) is 0 Å². The summed E-state index contributed by atoms with van der Waals surface area (Å²) in [6.45, 7) is 5.55. The van der Waals surface area contributed by atoms with Crippen molar-refractivity contribution in [3.05, 3.63) is 35.6 Å². The van der Waals surface area contributed by atoms with Crippen LogP contribution in [0.25, 0.3) is 0 Å². The molecule has 0 saturated heterocycles. The number of nitrogens with one attached hydrogen (secondary N) is 2. The van der Waals surface area contributed by atoms with Gasteiger partial charge in [0.05, 0.1) is 6.54 Å². The minimum absolute atomic E-state index is 0.149. The van der Waals surface area contributed by atoms with Gasteiger partial charge in [-0.3, -0.25) is 4.79 Å². The number of benzene rings is 1. The van der Waals surface area contributed by atoms with Crippen molar-refractivity contribution in [2.24, 2.45) is 0 Å². The van der Waals surface area contributed by atoms with Gasteiger partial charge in [-0.25, -0.2) is 4.39 Å². The highest BCUT2D eigenvalue weighted by molar-refractivity contribution is 5.78. The zero-order chi connectivity index (χ0) is 16.5. The lowest BCUT2D eigenvalue weighted by atomic mass is 10.1. The van der Waals surface area contributed by atoms with Gasteiger partial charge in [0, 0.05) is 25.7 Å². The highest BCUT2D eigenvalue weighted by Crippen LogP contribution is 2.17. The first kappa shape index (κ1) is 17.9. The molecule has 0 atom stereocenters. The number of rotatable bonds is 11. The van der Waals surface area contributed by atoms with Crippen LogP contribution in [-0.2, 0) is 11.2 Å². The van der Waals surface area contributed by atoms with Crippen LogP contribution >= 0.6 is 0 Å². The summed E-state index contributed by atoms with van der Waals surface area (Å²) >= 11 is 0. The first-order valence-corrected chi connectivity index (χ1v) is 8.65. The van der Waals surface area contributed by atoms with Crippen molar-refractivity contribution in [3.8, 4) is 0 Å². The van der Waals surface area contributed by atoms with Crippen molar-refractivity contribution in [2.75, 3.05) is 32.7 Å². The maximum Gasteiger partial charge on any atom is 0.236 e. The van der Waals surface area contributed by atoms with E-state index in [2.05, 4.69) is 10.6 Å². The van der Waals surface area contributed by atoms with Crippen LogP contribution in [0.15, 0.2) is 24.3 Å². The summed E-state index contributed by atoms with van der Waals surface area (Å²) in [6.07, 6.45) is 4.26. The van der Waals surface area contributed by atoms with Gasteiger partial charge in [-0.1, -0.05) is 12.1 Å². The molecule has 0 bridgehead atoms. The molecule has 1 aromatic rings. The Morgan fingerprint density at radius 3 is 2.87 bits per heavy atom. The van der Waals surface area contributed by atoms with E-state index in [-0.39, 0.29) is 11.7 Å². The van der Waals surface area contributed by atoms with Crippen molar-refractivity contribution >= 4 is 5.91 Å². The number of hydrogen-bond donors (Lipinski definition) is 2. The van der Waals surface area contributed by atoms with Crippen LogP contribution < -0.4 is 10.6 Å². The number of halogens is 1. The average Bonchev–Trinajstić information content (AvgIpc) is 3.35. The van der Waals surface area contributed by atoms with Gasteiger partial charge in [-0.05, 0) is 56.8 Å². The quantitative estimate of drug-likeness (QED) is 0.612. The number of hydrogen-bond acceptors (Lipinski definition) is 3. The minimum atomic E-state index is -0.191. The van der Waals surface area contributed by atoms with Crippen molar-refractivity contribution in [3.63, 3.8) is 0 Å². The molecule has 1 aliphatic carbocycles. The van der Waals surface area contributed by atoms with E-state index < -0.39 is 0 Å². The molecule has 2 rings (SSSR count). The highest BCUT2D eigenvalue weighted by atomic mass is 19.1. The fraction of sp³-hybridized carbons (Fsp3) is 0.611. The third-order valence-corrected chi connectivity index (χ3v) is 4.11. The smallest absolute Gasteiger partial charge is 0.236 e. The van der Waals surface area contributed by atoms with Crippen molar-refractivity contribution < 1.29 is 9.18 Å². The van der Waals surface area contributed by atoms with Crippen molar-refractivity contribution in [2.45, 2.75) is 38.6 Å². The summed E-state index contributed by atoms with van der Waals surface area (Å²) in [5.41, 5.74) is 1.000. The molecular weight excluding hydrogens is 293 g/mol. The molecule has 5 heteroatoms. The Hall–Kier alpha value is -1.46. The van der Waals surface area contributed by atoms with Crippen LogP contribution in [0.1, 0.15) is 31.7 Å². The number of aryl methyl sites for hydroxylation is 1. The van der Waals surface area contributed by atoms with Gasteiger partial charge in [-0.15, -0.1) is 0 Å². The summed E-state index contributed by atoms with van der Waals surface area (Å²) in [5.74, 6) is -0.0418. The van der Waals surface area contributed by atoms with Crippen LogP contribution in [-0.4, -0.2) is 49.6 Å². The predicted octanol–water partition coefficient (Wildman–Crippen LogP) is 1.95. The molecule has 23 heavy (non-hydrogen) atoms. The van der Waals surface area contributed by atoms with E-state index in [9.17, 15) is 9.18 Å². The van der Waals surface area contributed by atoms with Gasteiger partial charge >= 0.3 is 0 Å². The second-order valence-electron chi connectivity index (χ2n) is 6.11. The Balaban J connectivity index is 1.55. The SMILES string of the molecule is CCN(CCNC1CC1)C(=O)CNCCCc1cccc(F)c1. The van der Waals surface area contributed by atoms with Crippen LogP contribution in [0.4, 0.5) is 4.39 Å². The minimum Gasteiger partial charge on any atom is -0.341 e. The van der Waals surface area contributed by atoms with Gasteiger partial charge < -0.3 is 15.5 Å². The van der Waals surface area contributed by atoms with Gasteiger partial charge in [0.2, 0.25) is 5.91 Å². The Morgan fingerprint density at radius 1 is 1.35 bits per heavy atom. The summed E-state index contributed by atoms with van der Waals surface area (Å²) in [6, 6.07) is 7.37. The molecule has 0 unspecified atom stereocenters. The third-order valence-electron chi connectivity index (χ3n) is 4.11. The Labute approximate surface area is 138 Å². The fourth-order valence-corrected chi connectivity index (χ4v) is 2.57. The molecule has 0 spiro atoms. The van der Waals surface area contributed by atoms with E-state index in [1.807, 2.05) is 17.9 Å². The summed E-state index contributed by atoms with van der Waals surface area (Å²) in [5, 5.41) is 6.62. The Bertz CT molecular complexity index is 491. The molecule has 0 aromatic heterocycles. The molecule has 1 saturated carbocycles. The van der Waals surface area contributed by atoms with Crippen molar-refractivity contribution in [1.29, 1.82) is 0 Å². The number of carbonyl (C=O) groups excluding carboxylic acids is 1. The molecule has 0 radical (unpaired) electrons. The summed E-state index contributed by atoms with van der Waals surface area (Å²) < 4.78 is 13.1. The van der Waals surface area contributed by atoms with Crippen LogP contribution in [0.2, 0.25) is 0 Å². The molecule has 1 amide bonds. The monoisotopic (exact) mass is 321 g/mol. The molecular formula is C18H28FN3O. The van der Waals surface area contributed by atoms with E-state index in [0.717, 1.165) is 44.6 Å². The standard InChI is InChI=1S/C18H28FN3O/c1-2-22(12-11-21-17-8-9-17)18(23)14-20-10-4-6-15-5-3-7-16(19)13-15/h3,5,7,13,17,20-21H,2,4,6,8-12,14H2,1H3. The maximum atomic E-state index is 13.1. The largest absolute Gasteiger partial charge is 0.341 e. The molecule has 1 aromatic carbocycles. The van der Waals surface area contributed by atoms with E-state index in [4.69, 9.17) is 0 Å². The highest BCUT2D eigenvalue weighted by Gasteiger charge is 2.20. The topological polar surface area (TPSA) is 44.4 Å².